The van der Waals surface area contributed by atoms with E-state index < -0.39 is 16.1 Å². The minimum absolute atomic E-state index is 0.0240. The molecular formula is C14H22ClNO3S. The van der Waals surface area contributed by atoms with Crippen molar-refractivity contribution in [3.8, 4) is 0 Å². The molecule has 1 rings (SSSR count). The lowest BCUT2D eigenvalue weighted by atomic mass is 9.89. The number of halogens is 1. The van der Waals surface area contributed by atoms with Gasteiger partial charge in [-0.1, -0.05) is 38.4 Å². The average Bonchev–Trinajstić information content (AvgIpc) is 2.23. The Bertz CT molecular complexity index is 564. The predicted molar refractivity (Wildman–Crippen MR) is 81.5 cm³/mol. The number of sulfonamides is 1. The fraction of sp³-hybridized carbons (Fsp3) is 0.571. The first-order valence-electron chi connectivity index (χ1n) is 6.45. The fourth-order valence-corrected chi connectivity index (χ4v) is 3.56. The van der Waals surface area contributed by atoms with E-state index >= 15 is 0 Å². The largest absolute Gasteiger partial charge is 0.392 e. The average molecular weight is 320 g/mol. The van der Waals surface area contributed by atoms with E-state index in [1.807, 2.05) is 27.7 Å². The highest BCUT2D eigenvalue weighted by atomic mass is 35.5. The van der Waals surface area contributed by atoms with Crippen molar-refractivity contribution >= 4 is 21.6 Å². The number of rotatable bonds is 5. The van der Waals surface area contributed by atoms with E-state index in [0.29, 0.717) is 6.42 Å². The van der Waals surface area contributed by atoms with Crippen molar-refractivity contribution in [1.29, 1.82) is 0 Å². The third kappa shape index (κ3) is 5.40. The summed E-state index contributed by atoms with van der Waals surface area (Å²) in [5.74, 6) is 0. The Morgan fingerprint density at radius 3 is 2.45 bits per heavy atom. The molecule has 0 radical (unpaired) electrons. The smallest absolute Gasteiger partial charge is 0.242 e. The van der Waals surface area contributed by atoms with Gasteiger partial charge in [0.05, 0.1) is 11.1 Å². The molecular weight excluding hydrogens is 298 g/mol. The van der Waals surface area contributed by atoms with Crippen molar-refractivity contribution in [2.45, 2.75) is 45.1 Å². The standard InChI is InChI=1S/C14H22ClNO3S/c1-10-5-6-13(12(15)7-10)20(18,19)16-9-11(17)8-14(2,3)4/h5-7,11,16-17H,8-9H2,1-4H3. The molecule has 1 unspecified atom stereocenters. The van der Waals surface area contributed by atoms with E-state index in [1.165, 1.54) is 6.07 Å². The van der Waals surface area contributed by atoms with Crippen molar-refractivity contribution < 1.29 is 13.5 Å². The van der Waals surface area contributed by atoms with Gasteiger partial charge in [0.1, 0.15) is 4.90 Å². The molecule has 0 saturated carbocycles. The van der Waals surface area contributed by atoms with Gasteiger partial charge in [0.2, 0.25) is 10.0 Å². The first kappa shape index (κ1) is 17.4. The quantitative estimate of drug-likeness (QED) is 0.877. The second-order valence-corrected chi connectivity index (χ2v) is 8.35. The van der Waals surface area contributed by atoms with Gasteiger partial charge in [-0.15, -0.1) is 0 Å². The SMILES string of the molecule is Cc1ccc(S(=O)(=O)NCC(O)CC(C)(C)C)c(Cl)c1. The van der Waals surface area contributed by atoms with Crippen molar-refractivity contribution in [2.24, 2.45) is 5.41 Å². The van der Waals surface area contributed by atoms with Crippen LogP contribution in [0.15, 0.2) is 23.1 Å². The van der Waals surface area contributed by atoms with Crippen molar-refractivity contribution in [3.63, 3.8) is 0 Å². The van der Waals surface area contributed by atoms with Crippen LogP contribution >= 0.6 is 11.6 Å². The van der Waals surface area contributed by atoms with Crippen molar-refractivity contribution in [3.05, 3.63) is 28.8 Å². The van der Waals surface area contributed by atoms with E-state index in [2.05, 4.69) is 4.72 Å². The van der Waals surface area contributed by atoms with Crippen LogP contribution in [0.4, 0.5) is 0 Å². The van der Waals surface area contributed by atoms with Crippen LogP contribution in [0.5, 0.6) is 0 Å². The third-order valence-electron chi connectivity index (χ3n) is 2.73. The summed E-state index contributed by atoms with van der Waals surface area (Å²) in [6, 6.07) is 4.75. The lowest BCUT2D eigenvalue weighted by Gasteiger charge is -2.22. The molecule has 0 heterocycles. The molecule has 0 fully saturated rings. The molecule has 0 bridgehead atoms. The molecule has 0 saturated heterocycles. The first-order valence-corrected chi connectivity index (χ1v) is 8.31. The van der Waals surface area contributed by atoms with Gasteiger partial charge in [-0.3, -0.25) is 0 Å². The molecule has 0 aliphatic carbocycles. The number of nitrogens with one attached hydrogen (secondary N) is 1. The molecule has 0 spiro atoms. The molecule has 0 aliphatic heterocycles. The number of hydrogen-bond donors (Lipinski definition) is 2. The van der Waals surface area contributed by atoms with Crippen LogP contribution in [-0.2, 0) is 10.0 Å². The summed E-state index contributed by atoms with van der Waals surface area (Å²) in [5.41, 5.74) is 0.827. The van der Waals surface area contributed by atoms with Gasteiger partial charge in [0.25, 0.3) is 0 Å². The fourth-order valence-electron chi connectivity index (χ4n) is 1.89. The second-order valence-electron chi connectivity index (χ2n) is 6.20. The molecule has 6 heteroatoms. The summed E-state index contributed by atoms with van der Waals surface area (Å²) in [6.07, 6.45) is -0.217. The molecule has 1 aromatic carbocycles. The summed E-state index contributed by atoms with van der Waals surface area (Å²) in [5, 5.41) is 10.0. The molecule has 2 N–H and O–H groups in total. The number of aliphatic hydroxyl groups excluding tert-OH is 1. The number of aliphatic hydroxyl groups is 1. The topological polar surface area (TPSA) is 66.4 Å². The molecule has 20 heavy (non-hydrogen) atoms. The Morgan fingerprint density at radius 1 is 1.35 bits per heavy atom. The maximum Gasteiger partial charge on any atom is 0.242 e. The zero-order chi connectivity index (χ0) is 15.6. The van der Waals surface area contributed by atoms with Crippen LogP contribution < -0.4 is 4.72 Å². The minimum Gasteiger partial charge on any atom is -0.392 e. The molecule has 0 amide bonds. The van der Waals surface area contributed by atoms with Crippen molar-refractivity contribution in [1.82, 2.24) is 4.72 Å². The Balaban J connectivity index is 2.76. The molecule has 1 aromatic rings. The second kappa shape index (κ2) is 6.43. The van der Waals surface area contributed by atoms with Crippen LogP contribution in [0.3, 0.4) is 0 Å². The maximum absolute atomic E-state index is 12.1. The zero-order valence-corrected chi connectivity index (χ0v) is 13.8. The van der Waals surface area contributed by atoms with Gasteiger partial charge in [-0.2, -0.15) is 0 Å². The third-order valence-corrected chi connectivity index (χ3v) is 4.64. The highest BCUT2D eigenvalue weighted by molar-refractivity contribution is 7.89. The Hall–Kier alpha value is -0.620. The Kier molecular flexibility index (Phi) is 5.61. The Morgan fingerprint density at radius 2 is 1.95 bits per heavy atom. The van der Waals surface area contributed by atoms with Gasteiger partial charge >= 0.3 is 0 Å². The number of aryl methyl sites for hydroxylation is 1. The predicted octanol–water partition coefficient (Wildman–Crippen LogP) is 2.72. The van der Waals surface area contributed by atoms with Gasteiger partial charge in [0, 0.05) is 6.54 Å². The van der Waals surface area contributed by atoms with Gasteiger partial charge in [-0.25, -0.2) is 13.1 Å². The summed E-state index contributed by atoms with van der Waals surface area (Å²) in [6.45, 7) is 7.78. The number of benzene rings is 1. The number of hydrogen-bond acceptors (Lipinski definition) is 3. The van der Waals surface area contributed by atoms with E-state index in [-0.39, 0.29) is 21.9 Å². The van der Waals surface area contributed by atoms with Crippen LogP contribution in [-0.4, -0.2) is 26.2 Å². The van der Waals surface area contributed by atoms with Crippen LogP contribution in [0, 0.1) is 12.3 Å². The van der Waals surface area contributed by atoms with Crippen LogP contribution in [0.25, 0.3) is 0 Å². The van der Waals surface area contributed by atoms with Crippen LogP contribution in [0.1, 0.15) is 32.8 Å². The zero-order valence-electron chi connectivity index (χ0n) is 12.3. The van der Waals surface area contributed by atoms with Gasteiger partial charge in [0.15, 0.2) is 0 Å². The summed E-state index contributed by atoms with van der Waals surface area (Å²) in [4.78, 5) is 0.0349. The highest BCUT2D eigenvalue weighted by Crippen LogP contribution is 2.23. The highest BCUT2D eigenvalue weighted by Gasteiger charge is 2.21. The van der Waals surface area contributed by atoms with Gasteiger partial charge in [-0.05, 0) is 36.5 Å². The summed E-state index contributed by atoms with van der Waals surface area (Å²) in [7, 11) is -3.70. The lowest BCUT2D eigenvalue weighted by Crippen LogP contribution is -2.34. The van der Waals surface area contributed by atoms with Crippen LogP contribution in [0.2, 0.25) is 5.02 Å². The molecule has 0 aromatic heterocycles. The van der Waals surface area contributed by atoms with E-state index in [0.717, 1.165) is 5.56 Å². The monoisotopic (exact) mass is 319 g/mol. The maximum atomic E-state index is 12.1. The normalized spacial score (nSPS) is 14.3. The summed E-state index contributed by atoms with van der Waals surface area (Å²) < 4.78 is 26.7. The first-order chi connectivity index (χ1) is 9.01. The molecule has 1 atom stereocenters. The lowest BCUT2D eigenvalue weighted by molar-refractivity contribution is 0.125. The van der Waals surface area contributed by atoms with E-state index in [4.69, 9.17) is 11.6 Å². The molecule has 114 valence electrons. The van der Waals surface area contributed by atoms with Gasteiger partial charge < -0.3 is 5.11 Å². The van der Waals surface area contributed by atoms with E-state index in [1.54, 1.807) is 12.1 Å². The van der Waals surface area contributed by atoms with Crippen molar-refractivity contribution in [2.75, 3.05) is 6.54 Å². The van der Waals surface area contributed by atoms with E-state index in [9.17, 15) is 13.5 Å². The molecule has 4 nitrogen and oxygen atoms in total. The molecule has 0 aliphatic rings. The summed E-state index contributed by atoms with van der Waals surface area (Å²) >= 11 is 5.95. The minimum atomic E-state index is -3.70. The Labute approximate surface area is 126 Å².